The van der Waals surface area contributed by atoms with Gasteiger partial charge in [0.2, 0.25) is 10.0 Å². The molecule has 0 saturated heterocycles. The number of carbonyl (C=O) groups excluding carboxylic acids is 1. The van der Waals surface area contributed by atoms with E-state index in [1.165, 1.54) is 28.6 Å². The second kappa shape index (κ2) is 12.4. The lowest BCUT2D eigenvalue weighted by molar-refractivity contribution is -0.384. The molecular formula is C26H37N3O8S. The minimum Gasteiger partial charge on any atom is -0.444 e. The topological polar surface area (TPSA) is 129 Å². The summed E-state index contributed by atoms with van der Waals surface area (Å²) in [6, 6.07) is 4.50. The van der Waals surface area contributed by atoms with E-state index in [0.29, 0.717) is 19.6 Å². The molecule has 1 unspecified atom stereocenters. The minimum absolute atomic E-state index is 0.0424. The highest BCUT2D eigenvalue weighted by Crippen LogP contribution is 2.31. The fourth-order valence-electron chi connectivity index (χ4n) is 4.46. The normalized spacial score (nSPS) is 21.6. The van der Waals surface area contributed by atoms with Gasteiger partial charge in [-0.3, -0.25) is 10.1 Å². The van der Waals surface area contributed by atoms with Gasteiger partial charge in [0.15, 0.2) is 6.29 Å². The zero-order chi connectivity index (χ0) is 28.1. The van der Waals surface area contributed by atoms with E-state index in [2.05, 4.69) is 0 Å². The maximum atomic E-state index is 13.6. The Morgan fingerprint density at radius 2 is 1.87 bits per heavy atom. The molecule has 0 spiro atoms. The number of carbonyl (C=O) groups is 1. The van der Waals surface area contributed by atoms with Crippen LogP contribution in [0.25, 0.3) is 0 Å². The summed E-state index contributed by atoms with van der Waals surface area (Å²) in [5.41, 5.74) is -0.136. The zero-order valence-corrected chi connectivity index (χ0v) is 23.3. The van der Waals surface area contributed by atoms with Gasteiger partial charge in [-0.2, -0.15) is 4.31 Å². The van der Waals surface area contributed by atoms with Crippen molar-refractivity contribution in [2.24, 2.45) is 5.92 Å². The molecule has 2 heterocycles. The Morgan fingerprint density at radius 3 is 2.47 bits per heavy atom. The van der Waals surface area contributed by atoms with Crippen LogP contribution in [0, 0.1) is 16.0 Å². The monoisotopic (exact) mass is 551 g/mol. The number of hydrogen-bond donors (Lipinski definition) is 0. The molecule has 0 bridgehead atoms. The average Bonchev–Trinajstić information content (AvgIpc) is 2.86. The van der Waals surface area contributed by atoms with Crippen molar-refractivity contribution in [3.05, 3.63) is 58.2 Å². The van der Waals surface area contributed by atoms with Crippen LogP contribution in [0.1, 0.15) is 41.0 Å². The summed E-state index contributed by atoms with van der Waals surface area (Å²) in [6.07, 6.45) is 5.47. The van der Waals surface area contributed by atoms with Crippen molar-refractivity contribution < 1.29 is 32.3 Å². The molecule has 0 N–H and O–H groups in total. The Balaban J connectivity index is 1.92. The fourth-order valence-corrected chi connectivity index (χ4v) is 5.95. The summed E-state index contributed by atoms with van der Waals surface area (Å²) in [7, 11) is -3.99. The molecule has 2 aliphatic heterocycles. The molecule has 1 amide bonds. The summed E-state index contributed by atoms with van der Waals surface area (Å²) >= 11 is 0. The molecular weight excluding hydrogens is 514 g/mol. The summed E-state index contributed by atoms with van der Waals surface area (Å²) < 4.78 is 45.5. The summed E-state index contributed by atoms with van der Waals surface area (Å²) in [5.74, 6) is -0.338. The van der Waals surface area contributed by atoms with Crippen LogP contribution < -0.4 is 0 Å². The quantitative estimate of drug-likeness (QED) is 0.194. The molecule has 210 valence electrons. The molecule has 3 atom stereocenters. The highest BCUT2D eigenvalue weighted by atomic mass is 32.2. The molecule has 0 saturated carbocycles. The van der Waals surface area contributed by atoms with Gasteiger partial charge >= 0.3 is 6.09 Å². The second-order valence-corrected chi connectivity index (χ2v) is 12.2. The van der Waals surface area contributed by atoms with Crippen LogP contribution >= 0.6 is 0 Å². The van der Waals surface area contributed by atoms with E-state index in [1.54, 1.807) is 32.6 Å². The van der Waals surface area contributed by atoms with E-state index in [9.17, 15) is 23.3 Å². The van der Waals surface area contributed by atoms with E-state index in [-0.39, 0.29) is 42.2 Å². The SMILES string of the molecule is CCOC(C)OCC1=C[C@H]([C@H]2CC=CCN2C(=O)OC(C)(C)C)CN(S(=O)(=O)c2ccc([N+](=O)[O-])cc2)C1. The Labute approximate surface area is 224 Å². The van der Waals surface area contributed by atoms with Crippen LogP contribution in [0.4, 0.5) is 10.5 Å². The Kier molecular flexibility index (Phi) is 9.69. The molecule has 0 aromatic heterocycles. The zero-order valence-electron chi connectivity index (χ0n) is 22.5. The van der Waals surface area contributed by atoms with Crippen molar-refractivity contribution in [1.29, 1.82) is 0 Å². The van der Waals surface area contributed by atoms with Gasteiger partial charge in [-0.15, -0.1) is 0 Å². The predicted molar refractivity (Wildman–Crippen MR) is 141 cm³/mol. The molecule has 1 aromatic carbocycles. The number of nitro groups is 1. The van der Waals surface area contributed by atoms with Crippen LogP contribution in [0.3, 0.4) is 0 Å². The number of sulfonamides is 1. The minimum atomic E-state index is -3.99. The molecule has 0 radical (unpaired) electrons. The van der Waals surface area contributed by atoms with Gasteiger partial charge in [0.1, 0.15) is 5.60 Å². The first-order valence-corrected chi connectivity index (χ1v) is 14.1. The van der Waals surface area contributed by atoms with Gasteiger partial charge in [-0.05, 0) is 58.7 Å². The number of nitrogens with zero attached hydrogens (tertiary/aromatic N) is 3. The average molecular weight is 552 g/mol. The second-order valence-electron chi connectivity index (χ2n) is 10.3. The van der Waals surface area contributed by atoms with Crippen molar-refractivity contribution in [2.75, 3.05) is 32.8 Å². The van der Waals surface area contributed by atoms with Crippen LogP contribution in [0.5, 0.6) is 0 Å². The number of benzene rings is 1. The Morgan fingerprint density at radius 1 is 1.18 bits per heavy atom. The highest BCUT2D eigenvalue weighted by molar-refractivity contribution is 7.89. The molecule has 0 fully saturated rings. The number of non-ortho nitro benzene ring substituents is 1. The summed E-state index contributed by atoms with van der Waals surface area (Å²) in [5, 5.41) is 11.0. The van der Waals surface area contributed by atoms with Crippen LogP contribution in [0.15, 0.2) is 53.0 Å². The Bertz CT molecular complexity index is 1160. The predicted octanol–water partition coefficient (Wildman–Crippen LogP) is 4.11. The first kappa shape index (κ1) is 29.8. The van der Waals surface area contributed by atoms with Gasteiger partial charge < -0.3 is 19.1 Å². The summed E-state index contributed by atoms with van der Waals surface area (Å²) in [6.45, 7) is 10.2. The van der Waals surface area contributed by atoms with Crippen molar-refractivity contribution in [1.82, 2.24) is 9.21 Å². The van der Waals surface area contributed by atoms with Crippen LogP contribution in [0.2, 0.25) is 0 Å². The van der Waals surface area contributed by atoms with E-state index in [1.807, 2.05) is 25.2 Å². The molecule has 2 aliphatic rings. The number of hydrogen-bond acceptors (Lipinski definition) is 8. The third-order valence-electron chi connectivity index (χ3n) is 6.20. The van der Waals surface area contributed by atoms with Crippen molar-refractivity contribution in [3.63, 3.8) is 0 Å². The number of ether oxygens (including phenoxy) is 3. The molecule has 11 nitrogen and oxygen atoms in total. The first-order valence-electron chi connectivity index (χ1n) is 12.6. The fraction of sp³-hybridized carbons (Fsp3) is 0.577. The molecule has 3 rings (SSSR count). The molecule has 12 heteroatoms. The molecule has 0 aliphatic carbocycles. The largest absolute Gasteiger partial charge is 0.444 e. The standard InChI is InChI=1S/C26H37N3O8S/c1-6-35-19(2)36-18-20-15-21(24-9-7-8-14-28(24)25(30)37-26(3,4)5)17-27(16-20)38(33,34)23-12-10-22(11-13-23)29(31)32/h7-8,10-13,15,19,21,24H,6,9,14,16-18H2,1-5H3/t19?,21-,24+/m0/s1. The maximum Gasteiger partial charge on any atom is 0.410 e. The van der Waals surface area contributed by atoms with E-state index in [4.69, 9.17) is 14.2 Å². The van der Waals surface area contributed by atoms with Gasteiger partial charge in [0.05, 0.1) is 16.4 Å². The lowest BCUT2D eigenvalue weighted by Gasteiger charge is -2.41. The number of rotatable bonds is 9. The van der Waals surface area contributed by atoms with Gasteiger partial charge in [0, 0.05) is 50.3 Å². The lowest BCUT2D eigenvalue weighted by Crippen LogP contribution is -2.52. The van der Waals surface area contributed by atoms with Gasteiger partial charge in [-0.25, -0.2) is 13.2 Å². The molecule has 1 aromatic rings. The van der Waals surface area contributed by atoms with Gasteiger partial charge in [-0.1, -0.05) is 18.2 Å². The van der Waals surface area contributed by atoms with Crippen LogP contribution in [-0.2, 0) is 24.2 Å². The first-order chi connectivity index (χ1) is 17.8. The lowest BCUT2D eigenvalue weighted by atomic mass is 9.89. The highest BCUT2D eigenvalue weighted by Gasteiger charge is 2.39. The van der Waals surface area contributed by atoms with Crippen molar-refractivity contribution in [3.8, 4) is 0 Å². The molecule has 38 heavy (non-hydrogen) atoms. The smallest absolute Gasteiger partial charge is 0.410 e. The Hall–Kier alpha value is -2.80. The number of nitro benzene ring substituents is 1. The van der Waals surface area contributed by atoms with Crippen molar-refractivity contribution >= 4 is 21.8 Å². The number of amides is 1. The third-order valence-corrected chi connectivity index (χ3v) is 8.03. The maximum absolute atomic E-state index is 13.6. The van der Waals surface area contributed by atoms with E-state index >= 15 is 0 Å². The summed E-state index contributed by atoms with van der Waals surface area (Å²) in [4.78, 5) is 25.1. The third kappa shape index (κ3) is 7.62. The van der Waals surface area contributed by atoms with E-state index in [0.717, 1.165) is 5.57 Å². The van der Waals surface area contributed by atoms with E-state index < -0.39 is 32.9 Å². The van der Waals surface area contributed by atoms with Gasteiger partial charge in [0.25, 0.3) is 5.69 Å². The van der Waals surface area contributed by atoms with Crippen molar-refractivity contribution in [2.45, 2.75) is 63.9 Å². The van der Waals surface area contributed by atoms with Crippen LogP contribution in [-0.4, -0.2) is 79.4 Å².